The predicted octanol–water partition coefficient (Wildman–Crippen LogP) is 2.57. The van der Waals surface area contributed by atoms with Crippen molar-refractivity contribution < 1.29 is 4.79 Å². The number of thioether (sulfide) groups is 1. The lowest BCUT2D eigenvalue weighted by Crippen LogP contribution is -2.32. The molecule has 0 amide bonds. The maximum absolute atomic E-state index is 12.7. The standard InChI is InChI=1S/C13H20ClN3OS/c1-13(5-4-8-19-13)12(18)11-10(14)9-15-17(11)7-6-16(2)3/h9H,4-8H2,1-3H3. The molecule has 1 unspecified atom stereocenters. The Bertz CT molecular complexity index is 466. The number of ketones is 1. The van der Waals surface area contributed by atoms with Gasteiger partial charge < -0.3 is 4.90 Å². The van der Waals surface area contributed by atoms with Gasteiger partial charge in [-0.1, -0.05) is 11.6 Å². The van der Waals surface area contributed by atoms with Gasteiger partial charge in [-0.15, -0.1) is 11.8 Å². The Morgan fingerprint density at radius 2 is 2.37 bits per heavy atom. The largest absolute Gasteiger partial charge is 0.308 e. The summed E-state index contributed by atoms with van der Waals surface area (Å²) in [6.07, 6.45) is 3.59. The number of likely N-dealkylation sites (N-methyl/N-ethyl adjacent to an activating group) is 1. The van der Waals surface area contributed by atoms with E-state index in [9.17, 15) is 4.79 Å². The molecule has 0 N–H and O–H groups in total. The Hall–Kier alpha value is -0.520. The predicted molar refractivity (Wildman–Crippen MR) is 80.2 cm³/mol. The number of aromatic nitrogens is 2. The first-order valence-electron chi connectivity index (χ1n) is 6.49. The Kier molecular flexibility index (Phi) is 4.58. The first-order chi connectivity index (χ1) is 8.94. The van der Waals surface area contributed by atoms with Gasteiger partial charge in [-0.3, -0.25) is 9.48 Å². The van der Waals surface area contributed by atoms with E-state index in [-0.39, 0.29) is 10.5 Å². The highest BCUT2D eigenvalue weighted by Gasteiger charge is 2.40. The lowest BCUT2D eigenvalue weighted by Gasteiger charge is -2.22. The van der Waals surface area contributed by atoms with Crippen molar-refractivity contribution in [3.8, 4) is 0 Å². The maximum atomic E-state index is 12.7. The van der Waals surface area contributed by atoms with Crippen molar-refractivity contribution in [2.45, 2.75) is 31.1 Å². The molecule has 2 heterocycles. The van der Waals surface area contributed by atoms with E-state index in [2.05, 4.69) is 10.00 Å². The third kappa shape index (κ3) is 3.15. The molecular weight excluding hydrogens is 282 g/mol. The monoisotopic (exact) mass is 301 g/mol. The highest BCUT2D eigenvalue weighted by molar-refractivity contribution is 8.01. The first-order valence-corrected chi connectivity index (χ1v) is 7.85. The van der Waals surface area contributed by atoms with Crippen molar-refractivity contribution in [3.05, 3.63) is 16.9 Å². The zero-order chi connectivity index (χ0) is 14.0. The molecule has 1 aromatic rings. The molecule has 106 valence electrons. The van der Waals surface area contributed by atoms with Crippen LogP contribution in [-0.4, -0.2) is 51.6 Å². The molecule has 1 atom stereocenters. The normalized spacial score (nSPS) is 23.2. The Morgan fingerprint density at radius 3 is 2.95 bits per heavy atom. The summed E-state index contributed by atoms with van der Waals surface area (Å²) in [5, 5.41) is 4.71. The fourth-order valence-corrected chi connectivity index (χ4v) is 3.74. The first kappa shape index (κ1) is 14.9. The fourth-order valence-electron chi connectivity index (χ4n) is 2.26. The van der Waals surface area contributed by atoms with Gasteiger partial charge in [-0.05, 0) is 39.6 Å². The van der Waals surface area contributed by atoms with Crippen LogP contribution in [-0.2, 0) is 6.54 Å². The second-order valence-corrected chi connectivity index (χ2v) is 7.38. The maximum Gasteiger partial charge on any atom is 0.198 e. The van der Waals surface area contributed by atoms with E-state index < -0.39 is 0 Å². The molecule has 0 aliphatic carbocycles. The van der Waals surface area contributed by atoms with Crippen LogP contribution >= 0.6 is 23.4 Å². The molecule has 1 aliphatic rings. The zero-order valence-corrected chi connectivity index (χ0v) is 13.2. The number of rotatable bonds is 5. The number of halogens is 1. The smallest absolute Gasteiger partial charge is 0.198 e. The molecule has 0 aromatic carbocycles. The van der Waals surface area contributed by atoms with Gasteiger partial charge in [-0.25, -0.2) is 0 Å². The lowest BCUT2D eigenvalue weighted by atomic mass is 9.98. The van der Waals surface area contributed by atoms with Crippen LogP contribution in [0.3, 0.4) is 0 Å². The van der Waals surface area contributed by atoms with Crippen LogP contribution in [0.5, 0.6) is 0 Å². The Morgan fingerprint density at radius 1 is 1.63 bits per heavy atom. The summed E-state index contributed by atoms with van der Waals surface area (Å²) < 4.78 is 1.41. The van der Waals surface area contributed by atoms with E-state index >= 15 is 0 Å². The number of carbonyl (C=O) groups is 1. The molecule has 2 rings (SSSR count). The third-order valence-corrected chi connectivity index (χ3v) is 5.26. The van der Waals surface area contributed by atoms with Crippen molar-refractivity contribution in [1.29, 1.82) is 0 Å². The third-order valence-electron chi connectivity index (χ3n) is 3.47. The lowest BCUT2D eigenvalue weighted by molar-refractivity contribution is 0.0937. The van der Waals surface area contributed by atoms with Crippen LogP contribution in [0.15, 0.2) is 6.20 Å². The fraction of sp³-hybridized carbons (Fsp3) is 0.692. The average molecular weight is 302 g/mol. The summed E-state index contributed by atoms with van der Waals surface area (Å²) in [6, 6.07) is 0. The van der Waals surface area contributed by atoms with Crippen molar-refractivity contribution in [2.24, 2.45) is 0 Å². The van der Waals surface area contributed by atoms with Crippen molar-refractivity contribution >= 4 is 29.1 Å². The van der Waals surface area contributed by atoms with Gasteiger partial charge in [0.05, 0.1) is 22.5 Å². The molecule has 0 bridgehead atoms. The van der Waals surface area contributed by atoms with Gasteiger partial charge in [0.1, 0.15) is 5.69 Å². The second-order valence-electron chi connectivity index (χ2n) is 5.38. The molecule has 4 nitrogen and oxygen atoms in total. The van der Waals surface area contributed by atoms with E-state index in [4.69, 9.17) is 11.6 Å². The van der Waals surface area contributed by atoms with E-state index in [1.165, 1.54) is 0 Å². The molecule has 0 saturated carbocycles. The highest BCUT2D eigenvalue weighted by atomic mass is 35.5. The van der Waals surface area contributed by atoms with E-state index in [0.29, 0.717) is 17.3 Å². The van der Waals surface area contributed by atoms with E-state index in [1.54, 1.807) is 22.6 Å². The molecule has 19 heavy (non-hydrogen) atoms. The quantitative estimate of drug-likeness (QED) is 0.784. The number of Topliss-reactive ketones (excluding diaryl/α,β-unsaturated/α-hetero) is 1. The summed E-state index contributed by atoms with van der Waals surface area (Å²) in [7, 11) is 4.00. The van der Waals surface area contributed by atoms with Crippen molar-refractivity contribution in [1.82, 2.24) is 14.7 Å². The summed E-state index contributed by atoms with van der Waals surface area (Å²) in [6.45, 7) is 3.54. The van der Waals surface area contributed by atoms with Gasteiger partial charge in [0.15, 0.2) is 5.78 Å². The molecule has 1 aromatic heterocycles. The Labute approximate surface area is 123 Å². The van der Waals surface area contributed by atoms with Crippen LogP contribution in [0.2, 0.25) is 5.02 Å². The van der Waals surface area contributed by atoms with Gasteiger partial charge >= 0.3 is 0 Å². The molecule has 6 heteroatoms. The molecular formula is C13H20ClN3OS. The zero-order valence-electron chi connectivity index (χ0n) is 11.6. The molecule has 0 radical (unpaired) electrons. The number of hydrogen-bond donors (Lipinski definition) is 0. The average Bonchev–Trinajstić information content (AvgIpc) is 2.93. The number of hydrogen-bond acceptors (Lipinski definition) is 4. The van der Waals surface area contributed by atoms with Crippen LogP contribution in [0.4, 0.5) is 0 Å². The minimum Gasteiger partial charge on any atom is -0.308 e. The van der Waals surface area contributed by atoms with Gasteiger partial charge in [0.2, 0.25) is 0 Å². The van der Waals surface area contributed by atoms with Gasteiger partial charge in [-0.2, -0.15) is 5.10 Å². The summed E-state index contributed by atoms with van der Waals surface area (Å²) in [4.78, 5) is 14.8. The van der Waals surface area contributed by atoms with Gasteiger partial charge in [0.25, 0.3) is 0 Å². The van der Waals surface area contributed by atoms with Crippen molar-refractivity contribution in [2.75, 3.05) is 26.4 Å². The summed E-state index contributed by atoms with van der Waals surface area (Å²) in [5.41, 5.74) is 0.570. The topological polar surface area (TPSA) is 38.1 Å². The minimum absolute atomic E-state index is 0.122. The summed E-state index contributed by atoms with van der Waals surface area (Å²) >= 11 is 7.90. The van der Waals surface area contributed by atoms with Crippen LogP contribution < -0.4 is 0 Å². The van der Waals surface area contributed by atoms with E-state index in [1.807, 2.05) is 21.0 Å². The second kappa shape index (κ2) is 5.85. The summed E-state index contributed by atoms with van der Waals surface area (Å²) in [5.74, 6) is 1.17. The SMILES string of the molecule is CN(C)CCn1ncc(Cl)c1C(=O)C1(C)CCCS1. The Balaban J connectivity index is 2.23. The van der Waals surface area contributed by atoms with Crippen LogP contribution in [0.25, 0.3) is 0 Å². The minimum atomic E-state index is -0.334. The van der Waals surface area contributed by atoms with Gasteiger partial charge in [0, 0.05) is 6.54 Å². The van der Waals surface area contributed by atoms with Crippen LogP contribution in [0, 0.1) is 0 Å². The molecule has 1 aliphatic heterocycles. The van der Waals surface area contributed by atoms with E-state index in [0.717, 1.165) is 25.1 Å². The molecule has 0 spiro atoms. The molecule has 1 saturated heterocycles. The van der Waals surface area contributed by atoms with Crippen molar-refractivity contribution in [3.63, 3.8) is 0 Å². The number of carbonyl (C=O) groups excluding carboxylic acids is 1. The highest BCUT2D eigenvalue weighted by Crippen LogP contribution is 2.41. The number of nitrogens with zero attached hydrogens (tertiary/aromatic N) is 3. The molecule has 1 fully saturated rings. The van der Waals surface area contributed by atoms with Crippen LogP contribution in [0.1, 0.15) is 30.3 Å².